The van der Waals surface area contributed by atoms with Crippen LogP contribution < -0.4 is 10.6 Å². The number of hydrogen-bond acceptors (Lipinski definition) is 6. The highest BCUT2D eigenvalue weighted by Crippen LogP contribution is 2.19. The number of halogens is 2. The van der Waals surface area contributed by atoms with Crippen LogP contribution in [0.15, 0.2) is 33.8 Å². The van der Waals surface area contributed by atoms with Gasteiger partial charge in [0.2, 0.25) is 11.7 Å². The summed E-state index contributed by atoms with van der Waals surface area (Å²) >= 11 is 5.91. The van der Waals surface area contributed by atoms with Gasteiger partial charge in [0, 0.05) is 36.3 Å². The van der Waals surface area contributed by atoms with Crippen LogP contribution in [0.3, 0.4) is 0 Å². The van der Waals surface area contributed by atoms with Crippen LogP contribution in [0, 0.1) is 0 Å². The zero-order chi connectivity index (χ0) is 20.6. The number of guanidine groups is 1. The zero-order valence-corrected chi connectivity index (χ0v) is 20.0. The molecule has 1 saturated heterocycles. The molecular formula is C19H26ClIN6O3. The van der Waals surface area contributed by atoms with E-state index in [9.17, 15) is 4.79 Å². The lowest BCUT2D eigenvalue weighted by molar-refractivity contribution is 0.111. The van der Waals surface area contributed by atoms with Crippen molar-refractivity contribution >= 4 is 47.6 Å². The lowest BCUT2D eigenvalue weighted by Gasteiger charge is -2.32. The standard InChI is InChI=1S/C19H25ClN6O3.HI/c1-3-21-18(23-15-8-10-26(11-9-15)19(27)28-2)22-12-16-24-17(25-29-16)13-4-6-14(20)7-5-13;/h4-7,15H,3,8-12H2,1-2H3,(H2,21,22,23);1H. The van der Waals surface area contributed by atoms with E-state index in [1.165, 1.54) is 7.11 Å². The summed E-state index contributed by atoms with van der Waals surface area (Å²) in [4.78, 5) is 22.2. The summed E-state index contributed by atoms with van der Waals surface area (Å²) in [5.41, 5.74) is 0.829. The van der Waals surface area contributed by atoms with Crippen LogP contribution in [0.4, 0.5) is 4.79 Å². The van der Waals surface area contributed by atoms with Crippen LogP contribution in [0.25, 0.3) is 11.4 Å². The fraction of sp³-hybridized carbons (Fsp3) is 0.474. The van der Waals surface area contributed by atoms with Crippen LogP contribution >= 0.6 is 35.6 Å². The number of ether oxygens (including phenoxy) is 1. The van der Waals surface area contributed by atoms with Crippen molar-refractivity contribution in [2.45, 2.75) is 32.4 Å². The molecule has 0 spiro atoms. The van der Waals surface area contributed by atoms with Crippen LogP contribution in [0.1, 0.15) is 25.7 Å². The highest BCUT2D eigenvalue weighted by molar-refractivity contribution is 14.0. The molecule has 9 nitrogen and oxygen atoms in total. The molecule has 1 fully saturated rings. The second kappa shape index (κ2) is 11.9. The number of aromatic nitrogens is 2. The summed E-state index contributed by atoms with van der Waals surface area (Å²) in [5, 5.41) is 11.3. The van der Waals surface area contributed by atoms with Crippen LogP contribution in [0.5, 0.6) is 0 Å². The lowest BCUT2D eigenvalue weighted by Crippen LogP contribution is -2.49. The third kappa shape index (κ3) is 6.73. The fourth-order valence-corrected chi connectivity index (χ4v) is 3.16. The summed E-state index contributed by atoms with van der Waals surface area (Å²) in [6.07, 6.45) is 1.36. The Bertz CT molecular complexity index is 837. The molecule has 2 heterocycles. The van der Waals surface area contributed by atoms with Gasteiger partial charge in [0.15, 0.2) is 5.96 Å². The Morgan fingerprint density at radius 1 is 1.33 bits per heavy atom. The molecule has 1 aliphatic heterocycles. The molecule has 1 aliphatic rings. The van der Waals surface area contributed by atoms with E-state index in [2.05, 4.69) is 25.8 Å². The minimum Gasteiger partial charge on any atom is -0.453 e. The lowest BCUT2D eigenvalue weighted by atomic mass is 10.1. The van der Waals surface area contributed by atoms with Gasteiger partial charge < -0.3 is 24.8 Å². The van der Waals surface area contributed by atoms with E-state index in [1.807, 2.05) is 19.1 Å². The van der Waals surface area contributed by atoms with Crippen LogP contribution in [-0.4, -0.2) is 59.9 Å². The molecule has 0 unspecified atom stereocenters. The van der Waals surface area contributed by atoms with Crippen molar-refractivity contribution in [1.82, 2.24) is 25.7 Å². The molecule has 2 aromatic rings. The SMILES string of the molecule is CCNC(=NCc1nc(-c2ccc(Cl)cc2)no1)NC1CCN(C(=O)OC)CC1.I. The number of nitrogens with zero attached hydrogens (tertiary/aromatic N) is 4. The van der Waals surface area contributed by atoms with Gasteiger partial charge in [0.1, 0.15) is 6.54 Å². The Morgan fingerprint density at radius 2 is 2.03 bits per heavy atom. The number of benzene rings is 1. The molecule has 1 amide bonds. The van der Waals surface area contributed by atoms with Crippen molar-refractivity contribution in [3.8, 4) is 11.4 Å². The van der Waals surface area contributed by atoms with Gasteiger partial charge in [-0.25, -0.2) is 9.79 Å². The third-order valence-corrected chi connectivity index (χ3v) is 4.81. The smallest absolute Gasteiger partial charge is 0.409 e. The van der Waals surface area contributed by atoms with E-state index in [-0.39, 0.29) is 42.7 Å². The van der Waals surface area contributed by atoms with Crippen molar-refractivity contribution in [3.63, 3.8) is 0 Å². The number of carbonyl (C=O) groups excluding carboxylic acids is 1. The first kappa shape index (κ1) is 24.2. The first-order valence-corrected chi connectivity index (χ1v) is 9.93. The number of piperidine rings is 1. The molecule has 0 bridgehead atoms. The molecule has 0 atom stereocenters. The third-order valence-electron chi connectivity index (χ3n) is 4.56. The van der Waals surface area contributed by atoms with Gasteiger partial charge in [-0.2, -0.15) is 4.98 Å². The number of methoxy groups -OCH3 is 1. The Hall–Kier alpha value is -2.08. The molecule has 3 rings (SSSR count). The second-order valence-corrected chi connectivity index (χ2v) is 7.03. The van der Waals surface area contributed by atoms with Crippen molar-refractivity contribution in [3.05, 3.63) is 35.2 Å². The number of aliphatic imine (C=N–C) groups is 1. The summed E-state index contributed by atoms with van der Waals surface area (Å²) in [5.74, 6) is 1.60. The summed E-state index contributed by atoms with van der Waals surface area (Å²) in [6.45, 7) is 4.29. The van der Waals surface area contributed by atoms with Gasteiger partial charge in [0.25, 0.3) is 0 Å². The summed E-state index contributed by atoms with van der Waals surface area (Å²) in [7, 11) is 1.40. The number of likely N-dealkylation sites (tertiary alicyclic amines) is 1. The van der Waals surface area contributed by atoms with Gasteiger partial charge in [0.05, 0.1) is 7.11 Å². The van der Waals surface area contributed by atoms with Gasteiger partial charge in [-0.1, -0.05) is 16.8 Å². The highest BCUT2D eigenvalue weighted by atomic mass is 127. The van der Waals surface area contributed by atoms with Crippen LogP contribution in [0.2, 0.25) is 5.02 Å². The quantitative estimate of drug-likeness (QED) is 0.336. The largest absolute Gasteiger partial charge is 0.453 e. The van der Waals surface area contributed by atoms with Gasteiger partial charge >= 0.3 is 6.09 Å². The average Bonchev–Trinajstić information content (AvgIpc) is 3.22. The van der Waals surface area contributed by atoms with E-state index in [1.54, 1.807) is 17.0 Å². The number of amides is 1. The van der Waals surface area contributed by atoms with Crippen molar-refractivity contribution in [1.29, 1.82) is 0 Å². The number of rotatable bonds is 5. The van der Waals surface area contributed by atoms with E-state index >= 15 is 0 Å². The summed E-state index contributed by atoms with van der Waals surface area (Å²) in [6, 6.07) is 7.47. The predicted molar refractivity (Wildman–Crippen MR) is 125 cm³/mol. The van der Waals surface area contributed by atoms with Gasteiger partial charge in [-0.3, -0.25) is 0 Å². The maximum atomic E-state index is 11.6. The molecule has 0 aliphatic carbocycles. The normalized spacial score (nSPS) is 14.8. The van der Waals surface area contributed by atoms with Gasteiger partial charge in [-0.05, 0) is 44.0 Å². The number of nitrogens with one attached hydrogen (secondary N) is 2. The number of carbonyl (C=O) groups is 1. The Kier molecular flexibility index (Phi) is 9.63. The Labute approximate surface area is 197 Å². The summed E-state index contributed by atoms with van der Waals surface area (Å²) < 4.78 is 10.1. The molecule has 30 heavy (non-hydrogen) atoms. The van der Waals surface area contributed by atoms with Crippen molar-refractivity contribution in [2.75, 3.05) is 26.7 Å². The van der Waals surface area contributed by atoms with Crippen molar-refractivity contribution in [2.24, 2.45) is 4.99 Å². The first-order valence-electron chi connectivity index (χ1n) is 9.55. The van der Waals surface area contributed by atoms with Crippen molar-refractivity contribution < 1.29 is 14.1 Å². The van der Waals surface area contributed by atoms with Gasteiger partial charge in [-0.15, -0.1) is 24.0 Å². The minimum atomic E-state index is -0.281. The van der Waals surface area contributed by atoms with E-state index < -0.39 is 0 Å². The van der Waals surface area contributed by atoms with E-state index in [0.717, 1.165) is 24.9 Å². The molecule has 11 heteroatoms. The maximum Gasteiger partial charge on any atom is 0.409 e. The first-order chi connectivity index (χ1) is 14.1. The maximum absolute atomic E-state index is 11.6. The molecule has 1 aromatic heterocycles. The molecular weight excluding hydrogens is 523 g/mol. The molecule has 164 valence electrons. The fourth-order valence-electron chi connectivity index (χ4n) is 3.03. The molecule has 0 radical (unpaired) electrons. The van der Waals surface area contributed by atoms with E-state index in [4.69, 9.17) is 20.9 Å². The predicted octanol–water partition coefficient (Wildman–Crippen LogP) is 3.29. The Morgan fingerprint density at radius 3 is 2.67 bits per heavy atom. The Balaban J connectivity index is 0.00000320. The van der Waals surface area contributed by atoms with E-state index in [0.29, 0.717) is 35.8 Å². The molecule has 0 saturated carbocycles. The topological polar surface area (TPSA) is 105 Å². The highest BCUT2D eigenvalue weighted by Gasteiger charge is 2.23. The second-order valence-electron chi connectivity index (χ2n) is 6.59. The van der Waals surface area contributed by atoms with Crippen LogP contribution in [-0.2, 0) is 11.3 Å². The monoisotopic (exact) mass is 548 g/mol. The minimum absolute atomic E-state index is 0. The average molecular weight is 549 g/mol. The zero-order valence-electron chi connectivity index (χ0n) is 16.9. The molecule has 1 aromatic carbocycles. The molecule has 2 N–H and O–H groups in total. The number of hydrogen-bond donors (Lipinski definition) is 2.